The van der Waals surface area contributed by atoms with Gasteiger partial charge in [0, 0.05) is 19.0 Å². The number of nitrogens with two attached hydrogens (primary N) is 2. The summed E-state index contributed by atoms with van der Waals surface area (Å²) in [6, 6.07) is 11.5. The number of aliphatic carboxylic acids is 1. The third-order valence-electron chi connectivity index (χ3n) is 7.86. The van der Waals surface area contributed by atoms with E-state index in [2.05, 4.69) is 26.6 Å². The van der Waals surface area contributed by atoms with Gasteiger partial charge in [-0.25, -0.2) is 14.4 Å². The maximum atomic E-state index is 13.6. The summed E-state index contributed by atoms with van der Waals surface area (Å²) in [5.74, 6) is -3.14. The molecule has 0 fully saturated rings. The number of benzene rings is 2. The average molecular weight is 667 g/mol. The molecule has 2 aromatic carbocycles. The number of carboxylic acid groups (broad SMARTS) is 1. The highest BCUT2D eigenvalue weighted by Crippen LogP contribution is 2.44. The van der Waals surface area contributed by atoms with Crippen LogP contribution in [0.1, 0.15) is 63.0 Å². The molecule has 0 spiro atoms. The molecule has 1 aliphatic rings. The zero-order chi connectivity index (χ0) is 35.2. The van der Waals surface area contributed by atoms with E-state index in [0.717, 1.165) is 22.3 Å². The van der Waals surface area contributed by atoms with Gasteiger partial charge in [0.15, 0.2) is 5.96 Å². The van der Waals surface area contributed by atoms with Gasteiger partial charge in [0.2, 0.25) is 11.8 Å². The Morgan fingerprint density at radius 1 is 0.792 bits per heavy atom. The first-order valence-electron chi connectivity index (χ1n) is 15.9. The van der Waals surface area contributed by atoms with Crippen LogP contribution >= 0.6 is 0 Å². The van der Waals surface area contributed by atoms with Crippen molar-refractivity contribution in [1.29, 1.82) is 5.41 Å². The van der Waals surface area contributed by atoms with Gasteiger partial charge in [0.1, 0.15) is 24.7 Å². The number of fused-ring (bicyclic) bond motifs is 3. The Hall–Kier alpha value is -5.34. The molecule has 2 aromatic rings. The Bertz CT molecular complexity index is 1420. The van der Waals surface area contributed by atoms with E-state index in [0.29, 0.717) is 6.42 Å². The highest BCUT2D eigenvalue weighted by atomic mass is 16.5. The van der Waals surface area contributed by atoms with Crippen LogP contribution in [-0.2, 0) is 19.1 Å². The molecule has 15 heteroatoms. The minimum Gasteiger partial charge on any atom is -0.480 e. The molecule has 0 saturated carbocycles. The van der Waals surface area contributed by atoms with Crippen molar-refractivity contribution in [3.8, 4) is 11.1 Å². The molecule has 0 unspecified atom stereocenters. The summed E-state index contributed by atoms with van der Waals surface area (Å²) in [5.41, 5.74) is 14.6. The fourth-order valence-electron chi connectivity index (χ4n) is 5.60. The predicted octanol–water partition coefficient (Wildman–Crippen LogP) is 1.71. The number of urea groups is 1. The van der Waals surface area contributed by atoms with Crippen molar-refractivity contribution in [2.75, 3.05) is 19.7 Å². The molecule has 3 rings (SSSR count). The van der Waals surface area contributed by atoms with Crippen LogP contribution in [0, 0.1) is 11.3 Å². The van der Waals surface area contributed by atoms with Gasteiger partial charge in [-0.2, -0.15) is 0 Å². The second-order valence-corrected chi connectivity index (χ2v) is 12.0. The smallest absolute Gasteiger partial charge is 0.407 e. The van der Waals surface area contributed by atoms with Gasteiger partial charge in [-0.15, -0.1) is 0 Å². The molecule has 0 radical (unpaired) electrons. The molecule has 1 aliphatic carbocycles. The number of carbonyl (C=O) groups excluding carboxylic acids is 4. The number of ether oxygens (including phenoxy) is 1. The van der Waals surface area contributed by atoms with E-state index in [1.807, 2.05) is 62.4 Å². The summed E-state index contributed by atoms with van der Waals surface area (Å²) in [6.07, 6.45) is 0.0618. The van der Waals surface area contributed by atoms with E-state index in [-0.39, 0.29) is 63.2 Å². The Morgan fingerprint density at radius 3 is 1.85 bits per heavy atom. The van der Waals surface area contributed by atoms with Crippen LogP contribution in [0.5, 0.6) is 0 Å². The monoisotopic (exact) mass is 666 g/mol. The first-order chi connectivity index (χ1) is 22.9. The van der Waals surface area contributed by atoms with Crippen LogP contribution in [-0.4, -0.2) is 78.8 Å². The Balaban J connectivity index is 1.69. The van der Waals surface area contributed by atoms with E-state index >= 15 is 0 Å². The molecular weight excluding hydrogens is 620 g/mol. The molecule has 3 atom stereocenters. The zero-order valence-electron chi connectivity index (χ0n) is 27.2. The van der Waals surface area contributed by atoms with E-state index in [1.165, 1.54) is 0 Å². The van der Waals surface area contributed by atoms with Crippen molar-refractivity contribution in [1.82, 2.24) is 26.6 Å². The fourth-order valence-corrected chi connectivity index (χ4v) is 5.60. The van der Waals surface area contributed by atoms with Gasteiger partial charge in [0.25, 0.3) is 0 Å². The van der Waals surface area contributed by atoms with E-state index < -0.39 is 48.0 Å². The molecule has 11 N–H and O–H groups in total. The van der Waals surface area contributed by atoms with Gasteiger partial charge < -0.3 is 47.9 Å². The quantitative estimate of drug-likeness (QED) is 0.0637. The lowest BCUT2D eigenvalue weighted by atomic mass is 9.98. The van der Waals surface area contributed by atoms with E-state index in [9.17, 15) is 29.1 Å². The number of carboxylic acids is 1. The molecule has 0 aromatic heterocycles. The lowest BCUT2D eigenvalue weighted by Gasteiger charge is -2.25. The SMILES string of the molecule is CC(C)C[C@H](NC(=O)[C@@H](CCCNC(N)=O)NC(=O)OCC1c2ccccc2-c2ccccc21)C(=O)N[C@@H](CCCNC(=N)N)C(=O)O. The third kappa shape index (κ3) is 11.2. The van der Waals surface area contributed by atoms with Crippen LogP contribution in [0.3, 0.4) is 0 Å². The van der Waals surface area contributed by atoms with Crippen LogP contribution < -0.4 is 38.1 Å². The molecule has 5 amide bonds. The van der Waals surface area contributed by atoms with E-state index in [4.69, 9.17) is 21.6 Å². The Labute approximate surface area is 279 Å². The summed E-state index contributed by atoms with van der Waals surface area (Å²) in [7, 11) is 0. The van der Waals surface area contributed by atoms with Crippen molar-refractivity contribution in [2.24, 2.45) is 17.4 Å². The fraction of sp³-hybridized carbons (Fsp3) is 0.455. The predicted molar refractivity (Wildman–Crippen MR) is 179 cm³/mol. The van der Waals surface area contributed by atoms with Gasteiger partial charge in [-0.3, -0.25) is 15.0 Å². The Morgan fingerprint density at radius 2 is 1.31 bits per heavy atom. The second kappa shape index (κ2) is 18.1. The number of rotatable bonds is 18. The van der Waals surface area contributed by atoms with Crippen molar-refractivity contribution < 1.29 is 33.8 Å². The number of nitrogens with one attached hydrogen (secondary N) is 6. The topological polar surface area (TPSA) is 251 Å². The van der Waals surface area contributed by atoms with Crippen LogP contribution in [0.4, 0.5) is 9.59 Å². The van der Waals surface area contributed by atoms with Crippen LogP contribution in [0.15, 0.2) is 48.5 Å². The largest absolute Gasteiger partial charge is 0.480 e. The number of hydrogen-bond acceptors (Lipinski definition) is 7. The van der Waals surface area contributed by atoms with Gasteiger partial charge in [-0.1, -0.05) is 62.4 Å². The lowest BCUT2D eigenvalue weighted by molar-refractivity contribution is -0.142. The number of carbonyl (C=O) groups is 5. The zero-order valence-corrected chi connectivity index (χ0v) is 27.2. The number of amides is 5. The molecular formula is C33H46N8O7. The molecule has 0 saturated heterocycles. The maximum Gasteiger partial charge on any atom is 0.407 e. The lowest BCUT2D eigenvalue weighted by Crippen LogP contribution is -2.56. The standard InChI is InChI=1S/C33H46N8O7/c1-19(2)17-27(29(43)39-26(30(44)45)14-8-15-37-31(34)35)40-28(42)25(13-7-16-38-32(36)46)41-33(47)48-18-24-22-11-5-3-9-20(22)21-10-4-6-12-23(21)24/h3-6,9-12,19,24-27H,7-8,13-18H2,1-2H3,(H,39,43)(H,40,42)(H,41,47)(H,44,45)(H4,34,35,37)(H3,36,38,46)/t25-,26+,27+/m1/s1. The number of primary amides is 1. The number of hydrogen-bond donors (Lipinski definition) is 9. The van der Waals surface area contributed by atoms with Crippen molar-refractivity contribution in [2.45, 2.75) is 70.0 Å². The van der Waals surface area contributed by atoms with Crippen LogP contribution in [0.2, 0.25) is 0 Å². The normalized spacial score (nSPS) is 13.6. The molecule has 48 heavy (non-hydrogen) atoms. The summed E-state index contributed by atoms with van der Waals surface area (Å²) in [6.45, 7) is 4.09. The molecule has 0 heterocycles. The minimum absolute atomic E-state index is 0.0221. The van der Waals surface area contributed by atoms with Gasteiger partial charge >= 0.3 is 18.1 Å². The highest BCUT2D eigenvalue weighted by Gasteiger charge is 2.32. The molecule has 0 aliphatic heterocycles. The Kier molecular flexibility index (Phi) is 14.0. The summed E-state index contributed by atoms with van der Waals surface area (Å²) < 4.78 is 5.63. The van der Waals surface area contributed by atoms with Crippen LogP contribution in [0.25, 0.3) is 11.1 Å². The molecule has 260 valence electrons. The van der Waals surface area contributed by atoms with Gasteiger partial charge in [0.05, 0.1) is 0 Å². The third-order valence-corrected chi connectivity index (χ3v) is 7.86. The summed E-state index contributed by atoms with van der Waals surface area (Å²) >= 11 is 0. The second-order valence-electron chi connectivity index (χ2n) is 12.0. The highest BCUT2D eigenvalue weighted by molar-refractivity contribution is 5.93. The average Bonchev–Trinajstić information content (AvgIpc) is 3.35. The first-order valence-corrected chi connectivity index (χ1v) is 15.9. The van der Waals surface area contributed by atoms with Crippen molar-refractivity contribution in [3.05, 3.63) is 59.7 Å². The van der Waals surface area contributed by atoms with E-state index in [1.54, 1.807) is 0 Å². The maximum absolute atomic E-state index is 13.6. The number of guanidine groups is 1. The summed E-state index contributed by atoms with van der Waals surface area (Å²) in [5, 5.41) is 29.7. The molecule has 0 bridgehead atoms. The minimum atomic E-state index is -1.25. The van der Waals surface area contributed by atoms with Gasteiger partial charge in [-0.05, 0) is 60.3 Å². The summed E-state index contributed by atoms with van der Waals surface area (Å²) in [4.78, 5) is 62.9. The van der Waals surface area contributed by atoms with Crippen molar-refractivity contribution in [3.63, 3.8) is 0 Å². The molecule has 15 nitrogen and oxygen atoms in total. The number of alkyl carbamates (subject to hydrolysis) is 1. The van der Waals surface area contributed by atoms with Crippen molar-refractivity contribution >= 4 is 35.9 Å². The first kappa shape index (κ1) is 37.1.